The van der Waals surface area contributed by atoms with E-state index in [-0.39, 0.29) is 6.04 Å². The molecule has 2 atom stereocenters. The van der Waals surface area contributed by atoms with Crippen LogP contribution in [0.25, 0.3) is 0 Å². The van der Waals surface area contributed by atoms with Crippen molar-refractivity contribution in [2.45, 2.75) is 25.5 Å². The second kappa shape index (κ2) is 4.07. The standard InChI is InChI=1S/C8H12BrNO2/c1-5(10)7(11)4-6-2-3-8(9)12-6/h2-3,5,7,11H,4,10H2,1H3/t5-,7?/m1/s1. The molecule has 1 aromatic rings. The van der Waals surface area contributed by atoms with Gasteiger partial charge in [-0.15, -0.1) is 0 Å². The molecule has 0 spiro atoms. The van der Waals surface area contributed by atoms with Crippen molar-refractivity contribution in [2.24, 2.45) is 5.73 Å². The van der Waals surface area contributed by atoms with Crippen LogP contribution in [0.2, 0.25) is 0 Å². The van der Waals surface area contributed by atoms with Crippen LogP contribution in [0.4, 0.5) is 0 Å². The number of halogens is 1. The summed E-state index contributed by atoms with van der Waals surface area (Å²) in [6, 6.07) is 3.38. The third kappa shape index (κ3) is 2.62. The Morgan fingerprint density at radius 2 is 2.33 bits per heavy atom. The molecule has 0 aliphatic carbocycles. The SMILES string of the molecule is C[C@@H](N)C(O)Cc1ccc(Br)o1. The zero-order chi connectivity index (χ0) is 9.14. The lowest BCUT2D eigenvalue weighted by Crippen LogP contribution is -2.32. The number of hydrogen-bond acceptors (Lipinski definition) is 3. The first-order valence-corrected chi connectivity index (χ1v) is 4.56. The molecule has 3 nitrogen and oxygen atoms in total. The van der Waals surface area contributed by atoms with Crippen molar-refractivity contribution in [3.63, 3.8) is 0 Å². The van der Waals surface area contributed by atoms with Crippen molar-refractivity contribution in [1.29, 1.82) is 0 Å². The van der Waals surface area contributed by atoms with Crippen LogP contribution in [0.15, 0.2) is 21.2 Å². The summed E-state index contributed by atoms with van der Waals surface area (Å²) in [7, 11) is 0. The smallest absolute Gasteiger partial charge is 0.169 e. The molecule has 0 aliphatic rings. The molecular formula is C8H12BrNO2. The van der Waals surface area contributed by atoms with E-state index in [1.807, 2.05) is 6.07 Å². The number of nitrogens with two attached hydrogens (primary N) is 1. The summed E-state index contributed by atoms with van der Waals surface area (Å²) in [5, 5.41) is 9.39. The summed E-state index contributed by atoms with van der Waals surface area (Å²) in [6.45, 7) is 1.77. The van der Waals surface area contributed by atoms with E-state index in [0.29, 0.717) is 11.1 Å². The summed E-state index contributed by atoms with van der Waals surface area (Å²) in [5.41, 5.74) is 5.49. The van der Waals surface area contributed by atoms with E-state index >= 15 is 0 Å². The largest absolute Gasteiger partial charge is 0.454 e. The van der Waals surface area contributed by atoms with Crippen molar-refractivity contribution in [2.75, 3.05) is 0 Å². The Morgan fingerprint density at radius 3 is 2.75 bits per heavy atom. The lowest BCUT2D eigenvalue weighted by atomic mass is 10.1. The number of aliphatic hydroxyl groups excluding tert-OH is 1. The summed E-state index contributed by atoms with van der Waals surface area (Å²) in [6.07, 6.45) is -0.0773. The molecule has 0 radical (unpaired) electrons. The Labute approximate surface area is 79.7 Å². The van der Waals surface area contributed by atoms with Gasteiger partial charge in [0.1, 0.15) is 5.76 Å². The molecule has 0 bridgehead atoms. The average Bonchev–Trinajstić information content (AvgIpc) is 2.35. The summed E-state index contributed by atoms with van der Waals surface area (Å²) >= 11 is 3.18. The van der Waals surface area contributed by atoms with Crippen molar-refractivity contribution in [1.82, 2.24) is 0 Å². The lowest BCUT2D eigenvalue weighted by molar-refractivity contribution is 0.144. The van der Waals surface area contributed by atoms with Crippen LogP contribution in [0.5, 0.6) is 0 Å². The highest BCUT2D eigenvalue weighted by Gasteiger charge is 2.12. The quantitative estimate of drug-likeness (QED) is 0.828. The summed E-state index contributed by atoms with van der Waals surface area (Å²) < 4.78 is 5.88. The molecule has 0 saturated carbocycles. The van der Waals surface area contributed by atoms with Gasteiger partial charge >= 0.3 is 0 Å². The first kappa shape index (κ1) is 9.77. The minimum absolute atomic E-state index is 0.228. The van der Waals surface area contributed by atoms with E-state index in [2.05, 4.69) is 15.9 Å². The van der Waals surface area contributed by atoms with Gasteiger partial charge in [-0.25, -0.2) is 0 Å². The minimum atomic E-state index is -0.539. The molecule has 1 unspecified atom stereocenters. The highest BCUT2D eigenvalue weighted by atomic mass is 79.9. The normalized spacial score (nSPS) is 16.0. The van der Waals surface area contributed by atoms with Gasteiger partial charge in [0.05, 0.1) is 6.10 Å². The molecule has 1 heterocycles. The predicted molar refractivity (Wildman–Crippen MR) is 49.8 cm³/mol. The van der Waals surface area contributed by atoms with Gasteiger partial charge in [-0.1, -0.05) is 0 Å². The molecule has 0 fully saturated rings. The van der Waals surface area contributed by atoms with Crippen LogP contribution >= 0.6 is 15.9 Å². The van der Waals surface area contributed by atoms with Crippen molar-refractivity contribution in [3.8, 4) is 0 Å². The molecule has 0 aromatic carbocycles. The molecule has 1 rings (SSSR count). The van der Waals surface area contributed by atoms with Crippen LogP contribution in [0.3, 0.4) is 0 Å². The highest BCUT2D eigenvalue weighted by Crippen LogP contribution is 2.15. The number of furan rings is 1. The Balaban J connectivity index is 2.52. The Kier molecular flexibility index (Phi) is 3.31. The topological polar surface area (TPSA) is 59.4 Å². The predicted octanol–water partition coefficient (Wildman–Crippen LogP) is 1.29. The maximum Gasteiger partial charge on any atom is 0.169 e. The van der Waals surface area contributed by atoms with Crippen LogP contribution in [-0.2, 0) is 6.42 Å². The van der Waals surface area contributed by atoms with Gasteiger partial charge in [0, 0.05) is 12.5 Å². The summed E-state index contributed by atoms with van der Waals surface area (Å²) in [5.74, 6) is 0.742. The van der Waals surface area contributed by atoms with E-state index in [9.17, 15) is 5.11 Å². The first-order chi connectivity index (χ1) is 5.59. The number of rotatable bonds is 3. The maximum atomic E-state index is 9.39. The van der Waals surface area contributed by atoms with E-state index in [4.69, 9.17) is 10.2 Å². The van der Waals surface area contributed by atoms with Gasteiger partial charge in [-0.05, 0) is 35.0 Å². The fourth-order valence-corrected chi connectivity index (χ4v) is 1.19. The lowest BCUT2D eigenvalue weighted by Gasteiger charge is -2.11. The monoisotopic (exact) mass is 233 g/mol. The van der Waals surface area contributed by atoms with E-state index in [1.54, 1.807) is 13.0 Å². The zero-order valence-electron chi connectivity index (χ0n) is 6.83. The molecule has 0 amide bonds. The summed E-state index contributed by atoms with van der Waals surface area (Å²) in [4.78, 5) is 0. The average molecular weight is 234 g/mol. The van der Waals surface area contributed by atoms with E-state index in [1.165, 1.54) is 0 Å². The van der Waals surface area contributed by atoms with Gasteiger partial charge in [-0.3, -0.25) is 0 Å². The fraction of sp³-hybridized carbons (Fsp3) is 0.500. The maximum absolute atomic E-state index is 9.39. The zero-order valence-corrected chi connectivity index (χ0v) is 8.41. The number of hydrogen-bond donors (Lipinski definition) is 2. The minimum Gasteiger partial charge on any atom is -0.454 e. The van der Waals surface area contributed by atoms with Gasteiger partial charge in [0.25, 0.3) is 0 Å². The Bertz CT molecular complexity index is 247. The van der Waals surface area contributed by atoms with E-state index in [0.717, 1.165) is 5.76 Å². The third-order valence-corrected chi connectivity index (χ3v) is 2.07. The molecule has 0 saturated heterocycles. The van der Waals surface area contributed by atoms with Crippen molar-refractivity contribution >= 4 is 15.9 Å². The van der Waals surface area contributed by atoms with E-state index < -0.39 is 6.10 Å². The molecule has 1 aromatic heterocycles. The van der Waals surface area contributed by atoms with Crippen molar-refractivity contribution in [3.05, 3.63) is 22.6 Å². The highest BCUT2D eigenvalue weighted by molar-refractivity contribution is 9.10. The van der Waals surface area contributed by atoms with Gasteiger partial charge in [0.2, 0.25) is 0 Å². The molecule has 3 N–H and O–H groups in total. The molecular weight excluding hydrogens is 222 g/mol. The van der Waals surface area contributed by atoms with Gasteiger partial charge in [-0.2, -0.15) is 0 Å². The third-order valence-electron chi connectivity index (χ3n) is 1.65. The van der Waals surface area contributed by atoms with Crippen LogP contribution in [0.1, 0.15) is 12.7 Å². The fourth-order valence-electron chi connectivity index (χ4n) is 0.853. The van der Waals surface area contributed by atoms with Crippen LogP contribution in [-0.4, -0.2) is 17.3 Å². The Hall–Kier alpha value is -0.320. The molecule has 68 valence electrons. The first-order valence-electron chi connectivity index (χ1n) is 3.77. The van der Waals surface area contributed by atoms with Crippen LogP contribution < -0.4 is 5.73 Å². The molecule has 4 heteroatoms. The second-order valence-electron chi connectivity index (χ2n) is 2.84. The molecule has 12 heavy (non-hydrogen) atoms. The number of aliphatic hydroxyl groups is 1. The van der Waals surface area contributed by atoms with Gasteiger partial charge in [0.15, 0.2) is 4.67 Å². The van der Waals surface area contributed by atoms with Crippen LogP contribution in [0, 0.1) is 0 Å². The van der Waals surface area contributed by atoms with Gasteiger partial charge < -0.3 is 15.3 Å². The Morgan fingerprint density at radius 1 is 1.67 bits per heavy atom. The molecule has 0 aliphatic heterocycles. The van der Waals surface area contributed by atoms with Crippen molar-refractivity contribution < 1.29 is 9.52 Å². The second-order valence-corrected chi connectivity index (χ2v) is 3.62.